The molecular formula is C27H28N2O2. The minimum Gasteiger partial charge on any atom is -0.351 e. The van der Waals surface area contributed by atoms with Crippen LogP contribution in [0.5, 0.6) is 0 Å². The topological polar surface area (TPSA) is 49.4 Å². The second-order valence-corrected chi connectivity index (χ2v) is 7.41. The fourth-order valence-corrected chi connectivity index (χ4v) is 3.50. The molecule has 31 heavy (non-hydrogen) atoms. The number of nitrogens with zero attached hydrogens (tertiary/aromatic N) is 1. The molecule has 4 heteroatoms. The monoisotopic (exact) mass is 412 g/mol. The maximum atomic E-state index is 13.5. The zero-order valence-electron chi connectivity index (χ0n) is 17.6. The number of carbonyl (C=O) groups excluding carboxylic acids is 2. The summed E-state index contributed by atoms with van der Waals surface area (Å²) in [5.74, 6) is -0.258. The van der Waals surface area contributed by atoms with Crippen LogP contribution in [0.4, 0.5) is 0 Å². The van der Waals surface area contributed by atoms with Crippen molar-refractivity contribution in [3.8, 4) is 0 Å². The van der Waals surface area contributed by atoms with Gasteiger partial charge >= 0.3 is 0 Å². The maximum Gasteiger partial charge on any atom is 0.243 e. The number of rotatable bonds is 10. The van der Waals surface area contributed by atoms with Crippen molar-refractivity contribution in [3.05, 3.63) is 120 Å². The molecule has 1 unspecified atom stereocenters. The van der Waals surface area contributed by atoms with Crippen LogP contribution >= 0.6 is 0 Å². The van der Waals surface area contributed by atoms with E-state index in [4.69, 9.17) is 0 Å². The quantitative estimate of drug-likeness (QED) is 0.508. The predicted octanol–water partition coefficient (Wildman–Crippen LogP) is 4.17. The summed E-state index contributed by atoms with van der Waals surface area (Å²) in [5, 5.41) is 2.89. The van der Waals surface area contributed by atoms with Crippen LogP contribution in [0.15, 0.2) is 104 Å². The first-order valence-corrected chi connectivity index (χ1v) is 10.5. The van der Waals surface area contributed by atoms with Gasteiger partial charge in [-0.05, 0) is 16.7 Å². The first-order chi connectivity index (χ1) is 15.2. The molecule has 0 saturated carbocycles. The largest absolute Gasteiger partial charge is 0.351 e. The minimum atomic E-state index is -0.626. The zero-order chi connectivity index (χ0) is 21.9. The van der Waals surface area contributed by atoms with Crippen molar-refractivity contribution in [2.75, 3.05) is 6.54 Å². The van der Waals surface area contributed by atoms with Crippen molar-refractivity contribution in [2.24, 2.45) is 0 Å². The highest BCUT2D eigenvalue weighted by atomic mass is 16.2. The Kier molecular flexibility index (Phi) is 8.18. The highest BCUT2D eigenvalue weighted by Gasteiger charge is 2.30. The molecule has 0 spiro atoms. The molecule has 3 aromatic rings. The Morgan fingerprint density at radius 1 is 0.806 bits per heavy atom. The van der Waals surface area contributed by atoms with E-state index in [1.807, 2.05) is 91.0 Å². The third kappa shape index (κ3) is 6.68. The molecule has 158 valence electrons. The molecule has 0 aliphatic carbocycles. The van der Waals surface area contributed by atoms with Gasteiger partial charge in [-0.2, -0.15) is 0 Å². The third-order valence-corrected chi connectivity index (χ3v) is 5.09. The summed E-state index contributed by atoms with van der Waals surface area (Å²) >= 11 is 0. The van der Waals surface area contributed by atoms with Gasteiger partial charge in [0.05, 0.1) is 6.42 Å². The van der Waals surface area contributed by atoms with Crippen LogP contribution in [0.1, 0.15) is 16.7 Å². The first-order valence-electron chi connectivity index (χ1n) is 10.5. The molecule has 0 radical (unpaired) electrons. The van der Waals surface area contributed by atoms with E-state index in [9.17, 15) is 9.59 Å². The maximum absolute atomic E-state index is 13.5. The minimum absolute atomic E-state index is 0.0789. The lowest BCUT2D eigenvalue weighted by molar-refractivity contribution is -0.140. The van der Waals surface area contributed by atoms with Gasteiger partial charge in [0.15, 0.2) is 0 Å². The molecule has 1 N–H and O–H groups in total. The van der Waals surface area contributed by atoms with Crippen molar-refractivity contribution >= 4 is 11.8 Å². The molecule has 0 aromatic heterocycles. The fraction of sp³-hybridized carbons (Fsp3) is 0.185. The van der Waals surface area contributed by atoms with E-state index in [-0.39, 0.29) is 18.2 Å². The van der Waals surface area contributed by atoms with Crippen LogP contribution < -0.4 is 5.32 Å². The smallest absolute Gasteiger partial charge is 0.243 e. The molecule has 2 amide bonds. The van der Waals surface area contributed by atoms with Gasteiger partial charge in [0.2, 0.25) is 11.8 Å². The summed E-state index contributed by atoms with van der Waals surface area (Å²) in [6, 6.07) is 28.6. The van der Waals surface area contributed by atoms with E-state index in [1.54, 1.807) is 11.0 Å². The van der Waals surface area contributed by atoms with Crippen LogP contribution in [0.25, 0.3) is 0 Å². The van der Waals surface area contributed by atoms with Crippen molar-refractivity contribution in [1.29, 1.82) is 0 Å². The lowest BCUT2D eigenvalue weighted by Gasteiger charge is -2.31. The van der Waals surface area contributed by atoms with Crippen molar-refractivity contribution in [3.63, 3.8) is 0 Å². The van der Waals surface area contributed by atoms with E-state index in [0.717, 1.165) is 16.7 Å². The van der Waals surface area contributed by atoms with Crippen LogP contribution in [-0.4, -0.2) is 29.3 Å². The fourth-order valence-electron chi connectivity index (χ4n) is 3.50. The normalized spacial score (nSPS) is 11.4. The van der Waals surface area contributed by atoms with Crippen LogP contribution in [0.2, 0.25) is 0 Å². The number of amides is 2. The van der Waals surface area contributed by atoms with Gasteiger partial charge in [-0.3, -0.25) is 9.59 Å². The Hall–Kier alpha value is -3.66. The van der Waals surface area contributed by atoms with Crippen LogP contribution in [-0.2, 0) is 29.0 Å². The molecule has 0 saturated heterocycles. The zero-order valence-corrected chi connectivity index (χ0v) is 17.6. The number of carbonyl (C=O) groups is 2. The van der Waals surface area contributed by atoms with Gasteiger partial charge in [-0.1, -0.05) is 97.1 Å². The van der Waals surface area contributed by atoms with Crippen molar-refractivity contribution < 1.29 is 9.59 Å². The lowest BCUT2D eigenvalue weighted by atomic mass is 10.0. The molecule has 1 atom stereocenters. The second kappa shape index (κ2) is 11.5. The molecule has 3 aromatic carbocycles. The molecule has 0 heterocycles. The number of hydrogen-bond donors (Lipinski definition) is 1. The van der Waals surface area contributed by atoms with Crippen LogP contribution in [0, 0.1) is 0 Å². The molecule has 4 nitrogen and oxygen atoms in total. The summed E-state index contributed by atoms with van der Waals surface area (Å²) in [7, 11) is 0. The summed E-state index contributed by atoms with van der Waals surface area (Å²) in [5.41, 5.74) is 2.92. The van der Waals surface area contributed by atoms with E-state index in [1.165, 1.54) is 0 Å². The predicted molar refractivity (Wildman–Crippen MR) is 124 cm³/mol. The summed E-state index contributed by atoms with van der Waals surface area (Å²) in [6.45, 7) is 4.41. The van der Waals surface area contributed by atoms with Gasteiger partial charge in [-0.25, -0.2) is 0 Å². The van der Waals surface area contributed by atoms with Gasteiger partial charge in [0.25, 0.3) is 0 Å². The SMILES string of the molecule is C=CCNC(=O)C(Cc1ccccc1)N(Cc1ccccc1)C(=O)Cc1ccccc1. The standard InChI is InChI=1S/C27H28N2O2/c1-2-18-28-27(31)25(19-22-12-6-3-7-13-22)29(21-24-16-10-5-11-17-24)26(30)20-23-14-8-4-9-15-23/h2-17,25H,1,18-21H2,(H,28,31). The third-order valence-electron chi connectivity index (χ3n) is 5.09. The average molecular weight is 413 g/mol. The van der Waals surface area contributed by atoms with E-state index < -0.39 is 6.04 Å². The molecule has 0 aliphatic heterocycles. The van der Waals surface area contributed by atoms with Crippen molar-refractivity contribution in [2.45, 2.75) is 25.4 Å². The first kappa shape index (κ1) is 22.0. The molecule has 0 fully saturated rings. The van der Waals surface area contributed by atoms with E-state index in [2.05, 4.69) is 11.9 Å². The Morgan fingerprint density at radius 3 is 1.87 bits per heavy atom. The van der Waals surface area contributed by atoms with Crippen LogP contribution in [0.3, 0.4) is 0 Å². The van der Waals surface area contributed by atoms with Crippen molar-refractivity contribution in [1.82, 2.24) is 10.2 Å². The molecule has 0 aliphatic rings. The lowest BCUT2D eigenvalue weighted by Crippen LogP contribution is -2.51. The Morgan fingerprint density at radius 2 is 1.32 bits per heavy atom. The van der Waals surface area contributed by atoms with Gasteiger partial charge < -0.3 is 10.2 Å². The van der Waals surface area contributed by atoms with E-state index >= 15 is 0 Å². The highest BCUT2D eigenvalue weighted by Crippen LogP contribution is 2.16. The van der Waals surface area contributed by atoms with Gasteiger partial charge in [0.1, 0.15) is 6.04 Å². The second-order valence-electron chi connectivity index (χ2n) is 7.41. The molecular weight excluding hydrogens is 384 g/mol. The number of hydrogen-bond acceptors (Lipinski definition) is 2. The summed E-state index contributed by atoms with van der Waals surface area (Å²) in [4.78, 5) is 28.3. The summed E-state index contributed by atoms with van der Waals surface area (Å²) in [6.07, 6.45) is 2.33. The number of nitrogens with one attached hydrogen (secondary N) is 1. The highest BCUT2D eigenvalue weighted by molar-refractivity contribution is 5.88. The number of benzene rings is 3. The van der Waals surface area contributed by atoms with Gasteiger partial charge in [0, 0.05) is 19.5 Å². The van der Waals surface area contributed by atoms with E-state index in [0.29, 0.717) is 19.5 Å². The summed E-state index contributed by atoms with van der Waals surface area (Å²) < 4.78 is 0. The Bertz CT molecular complexity index is 972. The average Bonchev–Trinajstić information content (AvgIpc) is 2.81. The van der Waals surface area contributed by atoms with Gasteiger partial charge in [-0.15, -0.1) is 6.58 Å². The molecule has 0 bridgehead atoms. The Labute approximate surface area is 184 Å². The Balaban J connectivity index is 1.92. The molecule has 3 rings (SSSR count).